The highest BCUT2D eigenvalue weighted by atomic mass is 32.1. The fourth-order valence-electron chi connectivity index (χ4n) is 3.91. The predicted molar refractivity (Wildman–Crippen MR) is 114 cm³/mol. The molecule has 0 saturated heterocycles. The Morgan fingerprint density at radius 3 is 2.61 bits per heavy atom. The van der Waals surface area contributed by atoms with Gasteiger partial charge >= 0.3 is 5.97 Å². The van der Waals surface area contributed by atoms with Gasteiger partial charge in [-0.1, -0.05) is 12.1 Å². The molecule has 1 unspecified atom stereocenters. The predicted octanol–water partition coefficient (Wildman–Crippen LogP) is 2.83. The molecule has 1 aromatic carbocycles. The second-order valence-corrected chi connectivity index (χ2v) is 8.62. The Bertz CT molecular complexity index is 1010. The van der Waals surface area contributed by atoms with Gasteiger partial charge in [-0.25, -0.2) is 4.98 Å². The van der Waals surface area contributed by atoms with E-state index in [1.807, 2.05) is 0 Å². The van der Waals surface area contributed by atoms with Crippen LogP contribution >= 0.6 is 11.3 Å². The minimum Gasteiger partial charge on any atom is -0.466 e. The molecule has 1 aliphatic carbocycles. The maximum atomic E-state index is 12.4. The van der Waals surface area contributed by atoms with Gasteiger partial charge in [-0.05, 0) is 44.7 Å². The first-order chi connectivity index (χ1) is 15.0. The minimum absolute atomic E-state index is 0.156. The van der Waals surface area contributed by atoms with Crippen LogP contribution in [0.3, 0.4) is 0 Å². The van der Waals surface area contributed by atoms with E-state index >= 15 is 0 Å². The zero-order chi connectivity index (χ0) is 22.0. The smallest absolute Gasteiger partial charge is 0.309 e. The number of thiazole rings is 1. The van der Waals surface area contributed by atoms with Crippen LogP contribution in [0.2, 0.25) is 0 Å². The van der Waals surface area contributed by atoms with Crippen LogP contribution in [0.5, 0.6) is 0 Å². The van der Waals surface area contributed by atoms with E-state index in [9.17, 15) is 19.2 Å². The molecule has 2 aliphatic rings. The second-order valence-electron chi connectivity index (χ2n) is 7.54. The number of ether oxygens (including phenoxy) is 1. The number of nitrogens with zero attached hydrogens (tertiary/aromatic N) is 2. The van der Waals surface area contributed by atoms with Crippen LogP contribution in [0.15, 0.2) is 24.3 Å². The van der Waals surface area contributed by atoms with Crippen LogP contribution in [0.25, 0.3) is 0 Å². The summed E-state index contributed by atoms with van der Waals surface area (Å²) in [6.45, 7) is 2.35. The summed E-state index contributed by atoms with van der Waals surface area (Å²) in [4.78, 5) is 55.7. The number of esters is 1. The monoisotopic (exact) mass is 441 g/mol. The quantitative estimate of drug-likeness (QED) is 0.523. The van der Waals surface area contributed by atoms with Crippen molar-refractivity contribution in [2.45, 2.75) is 39.0 Å². The molecule has 9 heteroatoms. The van der Waals surface area contributed by atoms with E-state index < -0.39 is 0 Å². The molecule has 8 nitrogen and oxygen atoms in total. The number of hydrogen-bond acceptors (Lipinski definition) is 7. The third-order valence-electron chi connectivity index (χ3n) is 5.47. The van der Waals surface area contributed by atoms with Gasteiger partial charge in [0.25, 0.3) is 11.8 Å². The Morgan fingerprint density at radius 2 is 1.94 bits per heavy atom. The van der Waals surface area contributed by atoms with Crippen molar-refractivity contribution in [2.75, 3.05) is 18.5 Å². The number of fused-ring (bicyclic) bond motifs is 2. The molecule has 0 bridgehead atoms. The van der Waals surface area contributed by atoms with Gasteiger partial charge in [-0.15, -0.1) is 11.3 Å². The molecule has 3 amide bonds. The molecular formula is C22H23N3O5S. The van der Waals surface area contributed by atoms with Crippen molar-refractivity contribution in [1.82, 2.24) is 9.88 Å². The molecule has 1 N–H and O–H groups in total. The Morgan fingerprint density at radius 1 is 1.23 bits per heavy atom. The fraction of sp³-hybridized carbons (Fsp3) is 0.409. The largest absolute Gasteiger partial charge is 0.466 e. The molecule has 2 heterocycles. The molecule has 0 spiro atoms. The number of carbonyl (C=O) groups is 4. The van der Waals surface area contributed by atoms with Crippen LogP contribution in [0.4, 0.5) is 5.13 Å². The lowest BCUT2D eigenvalue weighted by atomic mass is 9.91. The van der Waals surface area contributed by atoms with E-state index in [0.29, 0.717) is 48.5 Å². The number of benzene rings is 1. The summed E-state index contributed by atoms with van der Waals surface area (Å²) in [5, 5.41) is 3.31. The zero-order valence-electron chi connectivity index (χ0n) is 17.2. The van der Waals surface area contributed by atoms with E-state index in [1.165, 1.54) is 16.2 Å². The third kappa shape index (κ3) is 4.36. The van der Waals surface area contributed by atoms with Crippen molar-refractivity contribution < 1.29 is 23.9 Å². The van der Waals surface area contributed by atoms with Gasteiger partial charge in [-0.2, -0.15) is 0 Å². The van der Waals surface area contributed by atoms with Gasteiger partial charge in [0.1, 0.15) is 0 Å². The molecule has 1 aliphatic heterocycles. The Labute approximate surface area is 183 Å². The van der Waals surface area contributed by atoms with E-state index in [-0.39, 0.29) is 42.6 Å². The van der Waals surface area contributed by atoms with Crippen LogP contribution in [0, 0.1) is 5.92 Å². The first kappa shape index (κ1) is 21.2. The number of rotatable bonds is 7. The number of carbonyl (C=O) groups excluding carboxylic acids is 4. The van der Waals surface area contributed by atoms with Crippen molar-refractivity contribution in [3.05, 3.63) is 46.0 Å². The molecule has 4 rings (SSSR count). The normalized spacial score (nSPS) is 17.3. The Kier molecular flexibility index (Phi) is 6.13. The van der Waals surface area contributed by atoms with Crippen LogP contribution in [-0.2, 0) is 27.2 Å². The summed E-state index contributed by atoms with van der Waals surface area (Å²) in [6.07, 6.45) is 2.51. The Hall–Kier alpha value is -3.07. The highest BCUT2D eigenvalue weighted by molar-refractivity contribution is 7.15. The first-order valence-electron chi connectivity index (χ1n) is 10.4. The van der Waals surface area contributed by atoms with Crippen molar-refractivity contribution >= 4 is 40.2 Å². The lowest BCUT2D eigenvalue weighted by Crippen LogP contribution is -2.31. The average molecular weight is 442 g/mol. The van der Waals surface area contributed by atoms with Crippen molar-refractivity contribution in [3.8, 4) is 0 Å². The molecule has 162 valence electrons. The van der Waals surface area contributed by atoms with Gasteiger partial charge in [0.2, 0.25) is 5.91 Å². The fourth-order valence-corrected chi connectivity index (χ4v) is 5.02. The number of aryl methyl sites for hydroxylation is 1. The maximum absolute atomic E-state index is 12.4. The number of imide groups is 1. The van der Waals surface area contributed by atoms with Gasteiger partial charge in [0, 0.05) is 17.8 Å². The molecule has 0 radical (unpaired) electrons. The highest BCUT2D eigenvalue weighted by Crippen LogP contribution is 2.33. The molecule has 2 aromatic rings. The molecule has 1 atom stereocenters. The van der Waals surface area contributed by atoms with Gasteiger partial charge in [0.15, 0.2) is 5.13 Å². The Balaban J connectivity index is 1.28. The van der Waals surface area contributed by atoms with Gasteiger partial charge < -0.3 is 10.1 Å². The SMILES string of the molecule is CCOC(=O)C1CCc2nc(NC(=O)CCCN3C(=O)c4ccccc4C3=O)sc2C1. The number of hydrogen-bond donors (Lipinski definition) is 1. The van der Waals surface area contributed by atoms with E-state index in [2.05, 4.69) is 10.3 Å². The highest BCUT2D eigenvalue weighted by Gasteiger charge is 2.34. The molecule has 0 fully saturated rings. The van der Waals surface area contributed by atoms with Crippen LogP contribution in [-0.4, -0.2) is 46.7 Å². The number of anilines is 1. The standard InChI is InChI=1S/C22H23N3O5S/c1-2-30-21(29)13-9-10-16-17(12-13)31-22(23-16)24-18(26)8-5-11-25-19(27)14-6-3-4-7-15(14)20(25)28/h3-4,6-7,13H,2,5,8-12H2,1H3,(H,23,24,26). The first-order valence-corrected chi connectivity index (χ1v) is 11.2. The summed E-state index contributed by atoms with van der Waals surface area (Å²) in [6, 6.07) is 6.73. The van der Waals surface area contributed by atoms with E-state index in [0.717, 1.165) is 10.6 Å². The summed E-state index contributed by atoms with van der Waals surface area (Å²) in [5.74, 6) is -1.18. The van der Waals surface area contributed by atoms with Crippen molar-refractivity contribution in [3.63, 3.8) is 0 Å². The minimum atomic E-state index is -0.315. The molecule has 0 saturated carbocycles. The molecule has 1 aromatic heterocycles. The maximum Gasteiger partial charge on any atom is 0.309 e. The molecule has 31 heavy (non-hydrogen) atoms. The average Bonchev–Trinajstić information content (AvgIpc) is 3.27. The summed E-state index contributed by atoms with van der Waals surface area (Å²) < 4.78 is 5.11. The molecular weight excluding hydrogens is 418 g/mol. The lowest BCUT2D eigenvalue weighted by Gasteiger charge is -2.18. The summed E-state index contributed by atoms with van der Waals surface area (Å²) in [5.41, 5.74) is 1.74. The number of aromatic nitrogens is 1. The zero-order valence-corrected chi connectivity index (χ0v) is 18.0. The van der Waals surface area contributed by atoms with Gasteiger partial charge in [-0.3, -0.25) is 24.1 Å². The van der Waals surface area contributed by atoms with Crippen molar-refractivity contribution in [2.24, 2.45) is 5.92 Å². The third-order valence-corrected chi connectivity index (χ3v) is 6.51. The topological polar surface area (TPSA) is 106 Å². The van der Waals surface area contributed by atoms with Crippen LogP contribution in [0.1, 0.15) is 57.5 Å². The van der Waals surface area contributed by atoms with Crippen molar-refractivity contribution in [1.29, 1.82) is 0 Å². The van der Waals surface area contributed by atoms with Gasteiger partial charge in [0.05, 0.1) is 29.3 Å². The van der Waals surface area contributed by atoms with Crippen LogP contribution < -0.4 is 5.32 Å². The van der Waals surface area contributed by atoms with E-state index in [1.54, 1.807) is 31.2 Å². The second kappa shape index (κ2) is 8.97. The lowest BCUT2D eigenvalue weighted by molar-refractivity contribution is -0.148. The number of amides is 3. The summed E-state index contributed by atoms with van der Waals surface area (Å²) in [7, 11) is 0. The number of nitrogens with one attached hydrogen (secondary N) is 1. The summed E-state index contributed by atoms with van der Waals surface area (Å²) >= 11 is 1.38. The van der Waals surface area contributed by atoms with E-state index in [4.69, 9.17) is 4.74 Å².